The van der Waals surface area contributed by atoms with Crippen molar-refractivity contribution >= 4 is 17.7 Å². The fourth-order valence-corrected chi connectivity index (χ4v) is 3.59. The molecule has 0 aliphatic carbocycles. The standard InChI is InChI=1S/C23H25N3O3S/c1-4-29-20-11-7-18(8-12-20)15-24-23(28)17(3)30-21-13-14-22(27)26(25-21)19-9-5-16(2)6-10-19/h5-14,17H,4,15H2,1-3H3,(H,24,28). The lowest BCUT2D eigenvalue weighted by atomic mass is 10.2. The summed E-state index contributed by atoms with van der Waals surface area (Å²) in [6, 6.07) is 18.3. The second kappa shape index (κ2) is 10.1. The van der Waals surface area contributed by atoms with Gasteiger partial charge in [0.2, 0.25) is 5.91 Å². The SMILES string of the molecule is CCOc1ccc(CNC(=O)C(C)Sc2ccc(=O)n(-c3ccc(C)cc3)n2)cc1. The second-order valence-electron chi connectivity index (χ2n) is 6.81. The minimum atomic E-state index is -0.357. The lowest BCUT2D eigenvalue weighted by Crippen LogP contribution is -2.30. The minimum absolute atomic E-state index is 0.0937. The molecule has 1 atom stereocenters. The fraction of sp³-hybridized carbons (Fsp3) is 0.261. The van der Waals surface area contributed by atoms with Crippen molar-refractivity contribution in [3.8, 4) is 11.4 Å². The van der Waals surface area contributed by atoms with Gasteiger partial charge in [-0.1, -0.05) is 41.6 Å². The molecule has 6 nitrogen and oxygen atoms in total. The first kappa shape index (κ1) is 21.6. The molecule has 156 valence electrons. The number of carbonyl (C=O) groups is 1. The molecule has 0 radical (unpaired) electrons. The molecule has 0 spiro atoms. The molecule has 3 rings (SSSR count). The van der Waals surface area contributed by atoms with Crippen molar-refractivity contribution < 1.29 is 9.53 Å². The molecule has 1 heterocycles. The Morgan fingerprint density at radius 1 is 1.10 bits per heavy atom. The van der Waals surface area contributed by atoms with Crippen molar-refractivity contribution in [2.24, 2.45) is 0 Å². The van der Waals surface area contributed by atoms with Gasteiger partial charge in [-0.15, -0.1) is 0 Å². The highest BCUT2D eigenvalue weighted by Gasteiger charge is 2.16. The van der Waals surface area contributed by atoms with E-state index in [-0.39, 0.29) is 16.7 Å². The first-order chi connectivity index (χ1) is 14.5. The summed E-state index contributed by atoms with van der Waals surface area (Å²) in [5.41, 5.74) is 2.58. The quantitative estimate of drug-likeness (QED) is 0.559. The largest absolute Gasteiger partial charge is 0.494 e. The summed E-state index contributed by atoms with van der Waals surface area (Å²) in [5, 5.41) is 7.60. The molecule has 0 aliphatic heterocycles. The number of hydrogen-bond acceptors (Lipinski definition) is 5. The van der Waals surface area contributed by atoms with E-state index in [4.69, 9.17) is 4.74 Å². The van der Waals surface area contributed by atoms with Crippen LogP contribution < -0.4 is 15.6 Å². The van der Waals surface area contributed by atoms with Crippen molar-refractivity contribution in [2.75, 3.05) is 6.61 Å². The van der Waals surface area contributed by atoms with E-state index in [2.05, 4.69) is 10.4 Å². The first-order valence-electron chi connectivity index (χ1n) is 9.80. The number of aryl methyl sites for hydroxylation is 1. The number of benzene rings is 2. The predicted molar refractivity (Wildman–Crippen MR) is 119 cm³/mol. The Hall–Kier alpha value is -3.06. The number of nitrogens with one attached hydrogen (secondary N) is 1. The number of rotatable bonds is 8. The van der Waals surface area contributed by atoms with Crippen LogP contribution in [0.15, 0.2) is 70.5 Å². The van der Waals surface area contributed by atoms with Gasteiger partial charge in [-0.2, -0.15) is 9.78 Å². The average Bonchev–Trinajstić information content (AvgIpc) is 2.75. The van der Waals surface area contributed by atoms with Gasteiger partial charge in [0.1, 0.15) is 10.8 Å². The Kier molecular flexibility index (Phi) is 7.30. The number of amides is 1. The Labute approximate surface area is 180 Å². The van der Waals surface area contributed by atoms with E-state index < -0.39 is 0 Å². The maximum absolute atomic E-state index is 12.5. The van der Waals surface area contributed by atoms with Gasteiger partial charge < -0.3 is 10.1 Å². The van der Waals surface area contributed by atoms with Gasteiger partial charge in [-0.05, 0) is 56.7 Å². The maximum Gasteiger partial charge on any atom is 0.271 e. The molecule has 7 heteroatoms. The number of thioether (sulfide) groups is 1. The summed E-state index contributed by atoms with van der Waals surface area (Å²) in [6.07, 6.45) is 0. The van der Waals surface area contributed by atoms with Gasteiger partial charge >= 0.3 is 0 Å². The highest BCUT2D eigenvalue weighted by atomic mass is 32.2. The van der Waals surface area contributed by atoms with E-state index in [1.165, 1.54) is 22.5 Å². The number of ether oxygens (including phenoxy) is 1. The molecular weight excluding hydrogens is 398 g/mol. The van der Waals surface area contributed by atoms with Gasteiger partial charge in [0.25, 0.3) is 5.56 Å². The van der Waals surface area contributed by atoms with Gasteiger partial charge in [-0.3, -0.25) is 9.59 Å². The fourth-order valence-electron chi connectivity index (χ4n) is 2.77. The van der Waals surface area contributed by atoms with E-state index in [0.29, 0.717) is 23.9 Å². The molecule has 2 aromatic carbocycles. The second-order valence-corrected chi connectivity index (χ2v) is 8.17. The summed E-state index contributed by atoms with van der Waals surface area (Å²) >= 11 is 1.31. The summed E-state index contributed by atoms with van der Waals surface area (Å²) < 4.78 is 6.78. The Morgan fingerprint density at radius 2 is 1.80 bits per heavy atom. The lowest BCUT2D eigenvalue weighted by molar-refractivity contribution is -0.120. The Bertz CT molecular complexity index is 1050. The molecule has 0 bridgehead atoms. The van der Waals surface area contributed by atoms with Gasteiger partial charge in [0, 0.05) is 12.6 Å². The molecule has 0 fully saturated rings. The predicted octanol–water partition coefficient (Wildman–Crippen LogP) is 3.74. The zero-order valence-electron chi connectivity index (χ0n) is 17.3. The molecule has 3 aromatic rings. The Balaban J connectivity index is 1.61. The topological polar surface area (TPSA) is 73.2 Å². The van der Waals surface area contributed by atoms with Crippen LogP contribution >= 0.6 is 11.8 Å². The van der Waals surface area contributed by atoms with Gasteiger partial charge in [-0.25, -0.2) is 0 Å². The van der Waals surface area contributed by atoms with Crippen molar-refractivity contribution in [3.63, 3.8) is 0 Å². The van der Waals surface area contributed by atoms with Crippen molar-refractivity contribution in [1.29, 1.82) is 0 Å². The van der Waals surface area contributed by atoms with Crippen molar-refractivity contribution in [2.45, 2.75) is 37.6 Å². The van der Waals surface area contributed by atoms with Crippen LogP contribution in [0, 0.1) is 6.92 Å². The lowest BCUT2D eigenvalue weighted by Gasteiger charge is -2.13. The van der Waals surface area contributed by atoms with E-state index in [1.807, 2.05) is 69.3 Å². The number of nitrogens with zero attached hydrogens (tertiary/aromatic N) is 2. The van der Waals surface area contributed by atoms with Crippen molar-refractivity contribution in [1.82, 2.24) is 15.1 Å². The number of hydrogen-bond donors (Lipinski definition) is 1. The van der Waals surface area contributed by atoms with Crippen molar-refractivity contribution in [3.05, 3.63) is 82.1 Å². The molecule has 1 amide bonds. The summed E-state index contributed by atoms with van der Waals surface area (Å²) in [5.74, 6) is 0.718. The average molecular weight is 424 g/mol. The zero-order valence-corrected chi connectivity index (χ0v) is 18.1. The highest BCUT2D eigenvalue weighted by Crippen LogP contribution is 2.21. The van der Waals surface area contributed by atoms with Crippen LogP contribution in [0.4, 0.5) is 0 Å². The van der Waals surface area contributed by atoms with Gasteiger partial charge in [0.05, 0.1) is 17.5 Å². The van der Waals surface area contributed by atoms with E-state index in [1.54, 1.807) is 6.07 Å². The zero-order chi connectivity index (χ0) is 21.5. The normalized spacial score (nSPS) is 11.7. The monoisotopic (exact) mass is 423 g/mol. The van der Waals surface area contributed by atoms with E-state index >= 15 is 0 Å². The first-order valence-corrected chi connectivity index (χ1v) is 10.7. The molecule has 0 saturated heterocycles. The molecule has 1 unspecified atom stereocenters. The van der Waals surface area contributed by atoms with Gasteiger partial charge in [0.15, 0.2) is 0 Å². The molecule has 30 heavy (non-hydrogen) atoms. The van der Waals surface area contributed by atoms with Crippen LogP contribution in [0.3, 0.4) is 0 Å². The third kappa shape index (κ3) is 5.73. The molecule has 1 N–H and O–H groups in total. The molecule has 0 aliphatic rings. The molecule has 1 aromatic heterocycles. The third-order valence-corrected chi connectivity index (χ3v) is 5.45. The van der Waals surface area contributed by atoms with E-state index in [9.17, 15) is 9.59 Å². The highest BCUT2D eigenvalue weighted by molar-refractivity contribution is 8.00. The molecule has 0 saturated carbocycles. The minimum Gasteiger partial charge on any atom is -0.494 e. The van der Waals surface area contributed by atoms with Crippen LogP contribution in [0.1, 0.15) is 25.0 Å². The number of aromatic nitrogens is 2. The third-order valence-electron chi connectivity index (χ3n) is 4.42. The molecular formula is C23H25N3O3S. The van der Waals surface area contributed by atoms with Crippen LogP contribution in [-0.2, 0) is 11.3 Å². The van der Waals surface area contributed by atoms with Crippen LogP contribution in [0.2, 0.25) is 0 Å². The summed E-state index contributed by atoms with van der Waals surface area (Å²) in [4.78, 5) is 24.7. The smallest absolute Gasteiger partial charge is 0.271 e. The Morgan fingerprint density at radius 3 is 2.47 bits per heavy atom. The maximum atomic E-state index is 12.5. The van der Waals surface area contributed by atoms with Crippen LogP contribution in [0.5, 0.6) is 5.75 Å². The summed E-state index contributed by atoms with van der Waals surface area (Å²) in [7, 11) is 0. The van der Waals surface area contributed by atoms with Crippen LogP contribution in [-0.4, -0.2) is 27.5 Å². The summed E-state index contributed by atoms with van der Waals surface area (Å²) in [6.45, 7) is 6.80. The van der Waals surface area contributed by atoms with Crippen LogP contribution in [0.25, 0.3) is 5.69 Å². The van der Waals surface area contributed by atoms with E-state index in [0.717, 1.165) is 16.9 Å². The number of carbonyl (C=O) groups excluding carboxylic acids is 1.